The van der Waals surface area contributed by atoms with Crippen molar-refractivity contribution in [2.45, 2.75) is 31.3 Å². The lowest BCUT2D eigenvalue weighted by molar-refractivity contribution is -0.0621. The number of nitrogens with two attached hydrogens (primary N) is 1. The van der Waals surface area contributed by atoms with Gasteiger partial charge in [0.2, 0.25) is 0 Å². The first-order chi connectivity index (χ1) is 9.88. The van der Waals surface area contributed by atoms with Crippen molar-refractivity contribution in [1.82, 2.24) is 14.5 Å². The molecule has 0 aliphatic rings. The SMILES string of the molecule is C[C@H](C(F)[C@@H](O)[C@H](O)CO)n1cc(I)c2c(N)ncnc21. The van der Waals surface area contributed by atoms with Crippen LogP contribution in [0.1, 0.15) is 13.0 Å². The molecule has 116 valence electrons. The number of aliphatic hydroxyl groups excluding tert-OH is 3. The fourth-order valence-electron chi connectivity index (χ4n) is 2.13. The Kier molecular flexibility index (Phi) is 4.96. The lowest BCUT2D eigenvalue weighted by atomic mass is 10.0. The molecular weight excluding hydrogens is 394 g/mol. The number of nitrogens with zero attached hydrogens (tertiary/aromatic N) is 3. The molecule has 0 aromatic carbocycles. The summed E-state index contributed by atoms with van der Waals surface area (Å²) in [4.78, 5) is 7.99. The van der Waals surface area contributed by atoms with Gasteiger partial charge in [0.25, 0.3) is 0 Å². The maximum atomic E-state index is 14.3. The molecule has 0 saturated carbocycles. The standard InChI is InChI=1S/C12H16FIN4O3/c1-5(9(13)10(21)7(20)3-19)18-2-6(14)8-11(15)16-4-17-12(8)18/h2,4-5,7,9-10,19-21H,3H2,1H3,(H2,15,16,17)/t5-,7-,9?,10+/m1/s1. The van der Waals surface area contributed by atoms with Crippen molar-refractivity contribution >= 4 is 39.4 Å². The largest absolute Gasteiger partial charge is 0.394 e. The van der Waals surface area contributed by atoms with E-state index in [1.54, 1.807) is 13.1 Å². The summed E-state index contributed by atoms with van der Waals surface area (Å²) in [5.41, 5.74) is 6.24. The summed E-state index contributed by atoms with van der Waals surface area (Å²) in [5.74, 6) is 0.293. The van der Waals surface area contributed by atoms with Crippen LogP contribution in [0.25, 0.3) is 11.0 Å². The van der Waals surface area contributed by atoms with Crippen LogP contribution in [-0.2, 0) is 0 Å². The number of hydrogen-bond donors (Lipinski definition) is 4. The van der Waals surface area contributed by atoms with Crippen molar-refractivity contribution in [2.24, 2.45) is 0 Å². The van der Waals surface area contributed by atoms with Crippen LogP contribution in [0.3, 0.4) is 0 Å². The summed E-state index contributed by atoms with van der Waals surface area (Å²) in [6.45, 7) is 0.833. The molecule has 2 aromatic rings. The minimum atomic E-state index is -1.78. The first-order valence-corrected chi connectivity index (χ1v) is 7.34. The summed E-state index contributed by atoms with van der Waals surface area (Å²) in [5, 5.41) is 28.5. The Hall–Kier alpha value is -1.04. The van der Waals surface area contributed by atoms with E-state index in [1.807, 2.05) is 22.6 Å². The van der Waals surface area contributed by atoms with E-state index in [9.17, 15) is 14.6 Å². The van der Waals surface area contributed by atoms with Crippen LogP contribution in [0.2, 0.25) is 0 Å². The lowest BCUT2D eigenvalue weighted by Crippen LogP contribution is -2.41. The monoisotopic (exact) mass is 410 g/mol. The smallest absolute Gasteiger partial charge is 0.149 e. The van der Waals surface area contributed by atoms with Crippen molar-refractivity contribution in [2.75, 3.05) is 12.3 Å². The number of hydrogen-bond acceptors (Lipinski definition) is 6. The minimum Gasteiger partial charge on any atom is -0.394 e. The molecule has 2 heterocycles. The number of rotatable bonds is 5. The normalized spacial score (nSPS) is 17.6. The minimum absolute atomic E-state index is 0.293. The molecule has 0 fully saturated rings. The average Bonchev–Trinajstić information content (AvgIpc) is 2.82. The molecule has 0 spiro atoms. The fourth-order valence-corrected chi connectivity index (χ4v) is 2.95. The number of fused-ring (bicyclic) bond motifs is 1. The second kappa shape index (κ2) is 6.38. The van der Waals surface area contributed by atoms with E-state index in [0.717, 1.165) is 3.57 Å². The van der Waals surface area contributed by atoms with Gasteiger partial charge in [0, 0.05) is 9.77 Å². The van der Waals surface area contributed by atoms with E-state index in [2.05, 4.69) is 9.97 Å². The molecule has 2 rings (SSSR count). The van der Waals surface area contributed by atoms with Gasteiger partial charge in [-0.15, -0.1) is 0 Å². The third kappa shape index (κ3) is 2.96. The van der Waals surface area contributed by atoms with Crippen molar-refractivity contribution < 1.29 is 19.7 Å². The number of anilines is 1. The van der Waals surface area contributed by atoms with Crippen molar-refractivity contribution in [1.29, 1.82) is 0 Å². The fraction of sp³-hybridized carbons (Fsp3) is 0.500. The number of nitrogen functional groups attached to an aromatic ring is 1. The van der Waals surface area contributed by atoms with Crippen molar-refractivity contribution in [3.63, 3.8) is 0 Å². The zero-order valence-electron chi connectivity index (χ0n) is 11.2. The van der Waals surface area contributed by atoms with Gasteiger partial charge in [-0.2, -0.15) is 0 Å². The number of halogens is 2. The van der Waals surface area contributed by atoms with Gasteiger partial charge < -0.3 is 25.6 Å². The highest BCUT2D eigenvalue weighted by molar-refractivity contribution is 14.1. The van der Waals surface area contributed by atoms with Crippen LogP contribution in [-0.4, -0.2) is 54.8 Å². The Labute approximate surface area is 133 Å². The zero-order valence-corrected chi connectivity index (χ0v) is 13.3. The Morgan fingerprint density at radius 3 is 2.71 bits per heavy atom. The predicted molar refractivity (Wildman–Crippen MR) is 83.4 cm³/mol. The van der Waals surface area contributed by atoms with Crippen molar-refractivity contribution in [3.05, 3.63) is 16.1 Å². The highest BCUT2D eigenvalue weighted by Crippen LogP contribution is 2.30. The highest BCUT2D eigenvalue weighted by Gasteiger charge is 2.32. The number of aromatic nitrogens is 3. The Bertz CT molecular complexity index is 638. The van der Waals surface area contributed by atoms with Gasteiger partial charge in [0.1, 0.15) is 36.2 Å². The molecule has 2 aromatic heterocycles. The van der Waals surface area contributed by atoms with Crippen molar-refractivity contribution in [3.8, 4) is 0 Å². The van der Waals surface area contributed by atoms with E-state index in [0.29, 0.717) is 16.9 Å². The van der Waals surface area contributed by atoms with E-state index in [4.69, 9.17) is 10.8 Å². The molecule has 0 aliphatic heterocycles. The molecule has 0 radical (unpaired) electrons. The maximum absolute atomic E-state index is 14.3. The van der Waals surface area contributed by atoms with Gasteiger partial charge in [-0.05, 0) is 29.5 Å². The summed E-state index contributed by atoms with van der Waals surface area (Å²) in [6.07, 6.45) is -2.08. The van der Waals surface area contributed by atoms with E-state index >= 15 is 0 Å². The molecule has 5 N–H and O–H groups in total. The van der Waals surface area contributed by atoms with E-state index < -0.39 is 31.0 Å². The number of alkyl halides is 1. The maximum Gasteiger partial charge on any atom is 0.149 e. The van der Waals surface area contributed by atoms with Crippen LogP contribution in [0.5, 0.6) is 0 Å². The Morgan fingerprint density at radius 1 is 1.43 bits per heavy atom. The first-order valence-electron chi connectivity index (χ1n) is 6.26. The molecule has 0 aliphatic carbocycles. The molecular formula is C12H16FIN4O3. The predicted octanol–water partition coefficient (Wildman–Crippen LogP) is 0.231. The first kappa shape index (κ1) is 16.3. The molecule has 0 amide bonds. The third-order valence-electron chi connectivity index (χ3n) is 3.40. The third-order valence-corrected chi connectivity index (χ3v) is 4.22. The molecule has 1 unspecified atom stereocenters. The van der Waals surface area contributed by atoms with Crippen LogP contribution < -0.4 is 5.73 Å². The van der Waals surface area contributed by atoms with Gasteiger partial charge in [-0.3, -0.25) is 0 Å². The molecule has 0 bridgehead atoms. The van der Waals surface area contributed by atoms with Crippen LogP contribution >= 0.6 is 22.6 Å². The summed E-state index contributed by atoms with van der Waals surface area (Å²) >= 11 is 2.04. The molecule has 7 nitrogen and oxygen atoms in total. The van der Waals surface area contributed by atoms with E-state index in [1.165, 1.54) is 10.9 Å². The van der Waals surface area contributed by atoms with Gasteiger partial charge in [0.15, 0.2) is 0 Å². The molecule has 21 heavy (non-hydrogen) atoms. The topological polar surface area (TPSA) is 117 Å². The van der Waals surface area contributed by atoms with E-state index in [-0.39, 0.29) is 0 Å². The molecule has 9 heteroatoms. The second-order valence-corrected chi connectivity index (χ2v) is 5.93. The molecule has 4 atom stereocenters. The van der Waals surface area contributed by atoms with Crippen LogP contribution in [0.15, 0.2) is 12.5 Å². The van der Waals surface area contributed by atoms with Crippen LogP contribution in [0, 0.1) is 3.57 Å². The second-order valence-electron chi connectivity index (χ2n) is 4.77. The number of aliphatic hydroxyl groups is 3. The summed E-state index contributed by atoms with van der Waals surface area (Å²) in [6, 6.07) is -0.804. The van der Waals surface area contributed by atoms with Gasteiger partial charge in [-0.25, -0.2) is 14.4 Å². The Morgan fingerprint density at radius 2 is 2.10 bits per heavy atom. The van der Waals surface area contributed by atoms with Gasteiger partial charge >= 0.3 is 0 Å². The lowest BCUT2D eigenvalue weighted by Gasteiger charge is -2.25. The quantitative estimate of drug-likeness (QED) is 0.525. The zero-order chi connectivity index (χ0) is 15.7. The highest BCUT2D eigenvalue weighted by atomic mass is 127. The van der Waals surface area contributed by atoms with Gasteiger partial charge in [0.05, 0.1) is 18.0 Å². The summed E-state index contributed by atoms with van der Waals surface area (Å²) < 4.78 is 16.6. The summed E-state index contributed by atoms with van der Waals surface area (Å²) in [7, 11) is 0. The molecule has 0 saturated heterocycles. The Balaban J connectivity index is 2.40. The van der Waals surface area contributed by atoms with Gasteiger partial charge in [-0.1, -0.05) is 0 Å². The van der Waals surface area contributed by atoms with Crippen LogP contribution in [0.4, 0.5) is 10.2 Å². The average molecular weight is 410 g/mol.